The van der Waals surface area contributed by atoms with E-state index >= 15 is 0 Å². The molecule has 1 N–H and O–H groups in total. The van der Waals surface area contributed by atoms with Gasteiger partial charge in [0.15, 0.2) is 12.1 Å². The number of nitrogens with zero attached hydrogens (tertiary/aromatic N) is 1. The maximum Gasteiger partial charge on any atom is 0.362 e. The minimum absolute atomic E-state index is 0.0550. The average Bonchev–Trinajstić information content (AvgIpc) is 3.17. The quantitative estimate of drug-likeness (QED) is 0.0284. The third kappa shape index (κ3) is 38.8. The zero-order chi connectivity index (χ0) is 42.1. The van der Waals surface area contributed by atoms with Crippen molar-refractivity contribution in [2.45, 2.75) is 219 Å². The lowest BCUT2D eigenvalue weighted by Gasteiger charge is -2.31. The van der Waals surface area contributed by atoms with Gasteiger partial charge in [-0.25, -0.2) is 4.79 Å². The van der Waals surface area contributed by atoms with Crippen molar-refractivity contribution >= 4 is 17.9 Å². The van der Waals surface area contributed by atoms with E-state index in [0.717, 1.165) is 64.2 Å². The van der Waals surface area contributed by atoms with Crippen LogP contribution in [0.1, 0.15) is 206 Å². The molecule has 0 radical (unpaired) electrons. The molecule has 2 atom stereocenters. The highest BCUT2D eigenvalue weighted by atomic mass is 16.6. The Morgan fingerprint density at radius 2 is 0.982 bits per heavy atom. The van der Waals surface area contributed by atoms with Gasteiger partial charge in [0.1, 0.15) is 6.61 Å². The monoisotopic (exact) mass is 805 g/mol. The Balaban J connectivity index is 4.24. The van der Waals surface area contributed by atoms with Crippen LogP contribution in [-0.2, 0) is 28.6 Å². The molecule has 0 rings (SSSR count). The van der Waals surface area contributed by atoms with E-state index in [4.69, 9.17) is 14.2 Å². The zero-order valence-corrected chi connectivity index (χ0v) is 37.8. The Morgan fingerprint density at radius 3 is 1.44 bits per heavy atom. The zero-order valence-electron chi connectivity index (χ0n) is 37.8. The predicted molar refractivity (Wildman–Crippen MR) is 238 cm³/mol. The smallest absolute Gasteiger partial charge is 0.362 e. The number of carbonyl (C=O) groups is 3. The molecule has 0 aliphatic rings. The highest BCUT2D eigenvalue weighted by Crippen LogP contribution is 2.16. The molecule has 57 heavy (non-hydrogen) atoms. The highest BCUT2D eigenvalue weighted by molar-refractivity contribution is 5.72. The van der Waals surface area contributed by atoms with Crippen LogP contribution in [0.3, 0.4) is 0 Å². The van der Waals surface area contributed by atoms with Crippen LogP contribution in [0.4, 0.5) is 0 Å². The molecule has 8 nitrogen and oxygen atoms in total. The number of carbonyl (C=O) groups excluding carboxylic acids is 2. The second kappa shape index (κ2) is 40.3. The second-order valence-corrected chi connectivity index (χ2v) is 17.1. The first kappa shape index (κ1) is 54.6. The number of carboxylic acid groups (broad SMARTS) is 1. The molecule has 0 bridgehead atoms. The van der Waals surface area contributed by atoms with Gasteiger partial charge >= 0.3 is 17.9 Å². The van der Waals surface area contributed by atoms with E-state index in [1.807, 2.05) is 27.2 Å². The summed E-state index contributed by atoms with van der Waals surface area (Å²) in [5.41, 5.74) is 0. The van der Waals surface area contributed by atoms with Gasteiger partial charge in [-0.3, -0.25) is 9.59 Å². The van der Waals surface area contributed by atoms with E-state index in [1.54, 1.807) is 0 Å². The average molecular weight is 805 g/mol. The lowest BCUT2D eigenvalue weighted by atomic mass is 10.0. The fourth-order valence-corrected chi connectivity index (χ4v) is 6.98. The van der Waals surface area contributed by atoms with Crippen LogP contribution >= 0.6 is 0 Å². The highest BCUT2D eigenvalue weighted by Gasteiger charge is 2.31. The molecule has 0 aromatic rings. The number of unbranched alkanes of at least 4 members (excludes halogenated alkanes) is 24. The molecule has 0 amide bonds. The molecule has 0 saturated heterocycles. The third-order valence-corrected chi connectivity index (χ3v) is 10.6. The first-order chi connectivity index (χ1) is 27.6. The van der Waals surface area contributed by atoms with Crippen molar-refractivity contribution in [3.63, 3.8) is 0 Å². The first-order valence-corrected chi connectivity index (χ1v) is 23.6. The molecule has 2 unspecified atom stereocenters. The summed E-state index contributed by atoms with van der Waals surface area (Å²) in [6.45, 7) is 4.60. The molecule has 0 aromatic carbocycles. The maximum absolute atomic E-state index is 12.7. The van der Waals surface area contributed by atoms with Crippen LogP contribution in [0.5, 0.6) is 0 Å². The van der Waals surface area contributed by atoms with Crippen LogP contribution in [-0.4, -0.2) is 80.6 Å². The van der Waals surface area contributed by atoms with Crippen molar-refractivity contribution in [2.75, 3.05) is 41.0 Å². The molecule has 0 aliphatic carbocycles. The van der Waals surface area contributed by atoms with Gasteiger partial charge in [-0.05, 0) is 32.1 Å². The maximum atomic E-state index is 12.7. The minimum atomic E-state index is -0.878. The second-order valence-electron chi connectivity index (χ2n) is 17.1. The molecule has 0 fully saturated rings. The van der Waals surface area contributed by atoms with Gasteiger partial charge in [-0.15, -0.1) is 0 Å². The van der Waals surface area contributed by atoms with Gasteiger partial charge in [0, 0.05) is 19.3 Å². The first-order valence-electron chi connectivity index (χ1n) is 23.6. The fraction of sp³-hybridized carbons (Fsp3) is 0.816. The molecular weight excluding hydrogens is 715 g/mol. The number of aliphatic carboxylic acids is 1. The summed E-state index contributed by atoms with van der Waals surface area (Å²) >= 11 is 0. The molecule has 0 saturated carbocycles. The topological polar surface area (TPSA) is 99.1 Å². The van der Waals surface area contributed by atoms with Crippen LogP contribution in [0.2, 0.25) is 0 Å². The molecule has 0 spiro atoms. The lowest BCUT2D eigenvalue weighted by Crippen LogP contribution is -2.50. The number of likely N-dealkylation sites (N-methyl/N-ethyl adjacent to an activating group) is 1. The number of rotatable bonds is 42. The number of hydrogen-bond acceptors (Lipinski definition) is 6. The van der Waals surface area contributed by atoms with Gasteiger partial charge in [0.25, 0.3) is 0 Å². The summed E-state index contributed by atoms with van der Waals surface area (Å²) in [5, 5.41) is 9.62. The van der Waals surface area contributed by atoms with E-state index in [9.17, 15) is 19.5 Å². The van der Waals surface area contributed by atoms with Crippen molar-refractivity contribution in [3.8, 4) is 0 Å². The normalized spacial score (nSPS) is 13.2. The van der Waals surface area contributed by atoms with Crippen LogP contribution < -0.4 is 0 Å². The minimum Gasteiger partial charge on any atom is -0.477 e. The van der Waals surface area contributed by atoms with Crippen molar-refractivity contribution in [2.24, 2.45) is 0 Å². The molecule has 0 aliphatic heterocycles. The summed E-state index contributed by atoms with van der Waals surface area (Å²) in [4.78, 5) is 37.0. The van der Waals surface area contributed by atoms with Crippen molar-refractivity contribution < 1.29 is 38.2 Å². The predicted octanol–water partition coefficient (Wildman–Crippen LogP) is 13.0. The molecule has 8 heteroatoms. The molecule has 0 aromatic heterocycles. The standard InChI is InChI=1S/C49H89NO7/c1-6-8-10-12-14-16-18-20-21-22-23-24-25-26-28-29-31-33-35-37-39-47(51)56-44-45(43-55-42-41-46(49(53)54)50(3,4)5)57-48(52)40-38-36-34-32-30-27-19-17-15-13-11-9-7-2/h9,11,13,15,17,19,45-46H,6-8,10,12,14,16,18,20-44H2,1-5H3/p+1/b11-9+,15-13+,19-17+. The molecule has 332 valence electrons. The Hall–Kier alpha value is -2.45. The number of allylic oxidation sites excluding steroid dienone is 6. The largest absolute Gasteiger partial charge is 0.477 e. The van der Waals surface area contributed by atoms with Crippen molar-refractivity contribution in [3.05, 3.63) is 36.5 Å². The number of ether oxygens (including phenoxy) is 3. The van der Waals surface area contributed by atoms with Gasteiger partial charge in [-0.2, -0.15) is 0 Å². The van der Waals surface area contributed by atoms with Crippen LogP contribution in [0, 0.1) is 0 Å². The molecular formula is C49H90NO7+. The van der Waals surface area contributed by atoms with Crippen molar-refractivity contribution in [1.29, 1.82) is 0 Å². The summed E-state index contributed by atoms with van der Waals surface area (Å²) in [6.07, 6.45) is 46.2. The SMILES string of the molecule is CC/C=C/C=C/C=C/CCCCCCCC(=O)OC(COCCC(C(=O)O)[N+](C)(C)C)COC(=O)CCCCCCCCCCCCCCCCCCCCCC. The van der Waals surface area contributed by atoms with E-state index in [0.29, 0.717) is 19.3 Å². The summed E-state index contributed by atoms with van der Waals surface area (Å²) < 4.78 is 17.3. The van der Waals surface area contributed by atoms with E-state index in [2.05, 4.69) is 44.2 Å². The summed E-state index contributed by atoms with van der Waals surface area (Å²) in [7, 11) is 5.52. The Morgan fingerprint density at radius 1 is 0.544 bits per heavy atom. The number of esters is 2. The Kier molecular flexibility index (Phi) is 38.6. The lowest BCUT2D eigenvalue weighted by molar-refractivity contribution is -0.887. The fourth-order valence-electron chi connectivity index (χ4n) is 6.98. The van der Waals surface area contributed by atoms with Gasteiger partial charge in [0.05, 0.1) is 34.4 Å². The van der Waals surface area contributed by atoms with E-state index < -0.39 is 18.1 Å². The summed E-state index contributed by atoms with van der Waals surface area (Å²) in [6, 6.07) is -0.617. The van der Waals surface area contributed by atoms with Gasteiger partial charge < -0.3 is 23.8 Å². The number of quaternary nitrogens is 1. The van der Waals surface area contributed by atoms with E-state index in [-0.39, 0.29) is 36.2 Å². The number of hydrogen-bond donors (Lipinski definition) is 1. The summed E-state index contributed by atoms with van der Waals surface area (Å²) in [5.74, 6) is -1.49. The van der Waals surface area contributed by atoms with E-state index in [1.165, 1.54) is 109 Å². The van der Waals surface area contributed by atoms with Gasteiger partial charge in [0.2, 0.25) is 0 Å². The van der Waals surface area contributed by atoms with Crippen molar-refractivity contribution in [1.82, 2.24) is 0 Å². The van der Waals surface area contributed by atoms with Crippen LogP contribution in [0.15, 0.2) is 36.5 Å². The molecule has 0 heterocycles. The number of carboxylic acids is 1. The Bertz CT molecular complexity index is 1030. The third-order valence-electron chi connectivity index (χ3n) is 10.6. The van der Waals surface area contributed by atoms with Gasteiger partial charge in [-0.1, -0.05) is 192 Å². The van der Waals surface area contributed by atoms with Crippen LogP contribution in [0.25, 0.3) is 0 Å². The Labute approximate surface area is 351 Å².